The third kappa shape index (κ3) is 1.77. The van der Waals surface area contributed by atoms with Crippen molar-refractivity contribution in [2.45, 2.75) is 13.0 Å². The molecule has 0 spiro atoms. The van der Waals surface area contributed by atoms with Gasteiger partial charge in [-0.2, -0.15) is 0 Å². The Morgan fingerprint density at radius 3 is 2.50 bits per heavy atom. The van der Waals surface area contributed by atoms with E-state index in [1.54, 1.807) is 6.92 Å². The number of anilines is 1. The highest BCUT2D eigenvalue weighted by atomic mass is 16.4. The Morgan fingerprint density at radius 1 is 1.50 bits per heavy atom. The van der Waals surface area contributed by atoms with Crippen molar-refractivity contribution < 1.29 is 15.0 Å². The average Bonchev–Trinajstić information content (AvgIpc) is 2.07. The van der Waals surface area contributed by atoms with Gasteiger partial charge in [-0.1, -0.05) is 0 Å². The van der Waals surface area contributed by atoms with Crippen LogP contribution in [-0.4, -0.2) is 16.2 Å². The minimum Gasteiger partial charge on any atom is -0.508 e. The van der Waals surface area contributed by atoms with Crippen LogP contribution in [0.2, 0.25) is 0 Å². The lowest BCUT2D eigenvalue weighted by Crippen LogP contribution is -2.09. The van der Waals surface area contributed by atoms with Crippen LogP contribution in [0.3, 0.4) is 0 Å². The van der Waals surface area contributed by atoms with Crippen molar-refractivity contribution in [1.29, 1.82) is 0 Å². The molecule has 0 aliphatic rings. The van der Waals surface area contributed by atoms with Gasteiger partial charge in [0.2, 0.25) is 0 Å². The largest absolute Gasteiger partial charge is 0.508 e. The third-order valence-corrected chi connectivity index (χ3v) is 1.92. The van der Waals surface area contributed by atoms with Gasteiger partial charge in [-0.15, -0.1) is 0 Å². The summed E-state index contributed by atoms with van der Waals surface area (Å²) < 4.78 is 0. The van der Waals surface area contributed by atoms with E-state index in [-0.39, 0.29) is 23.0 Å². The molecule has 5 heteroatoms. The molecular weight excluding hydrogens is 184 g/mol. The van der Waals surface area contributed by atoms with Gasteiger partial charge in [-0.05, 0) is 19.1 Å². The van der Waals surface area contributed by atoms with Gasteiger partial charge in [0.15, 0.2) is 0 Å². The van der Waals surface area contributed by atoms with E-state index in [0.29, 0.717) is 5.56 Å². The smallest absolute Gasteiger partial charge is 0.337 e. The van der Waals surface area contributed by atoms with Crippen LogP contribution < -0.4 is 11.5 Å². The lowest BCUT2D eigenvalue weighted by molar-refractivity contribution is 0.0697. The lowest BCUT2D eigenvalue weighted by atomic mass is 10.0. The van der Waals surface area contributed by atoms with Gasteiger partial charge < -0.3 is 21.7 Å². The molecule has 1 unspecified atom stereocenters. The van der Waals surface area contributed by atoms with Crippen molar-refractivity contribution >= 4 is 11.7 Å². The molecule has 0 fully saturated rings. The second-order valence-electron chi connectivity index (χ2n) is 3.09. The number of phenolic OH excluding ortho intramolecular Hbond substituents is 1. The molecule has 0 heterocycles. The molecule has 76 valence electrons. The fourth-order valence-corrected chi connectivity index (χ4v) is 1.17. The molecule has 0 radical (unpaired) electrons. The van der Waals surface area contributed by atoms with Crippen LogP contribution in [-0.2, 0) is 0 Å². The zero-order chi connectivity index (χ0) is 10.9. The Kier molecular flexibility index (Phi) is 2.62. The van der Waals surface area contributed by atoms with Crippen LogP contribution in [0.1, 0.15) is 28.9 Å². The van der Waals surface area contributed by atoms with Gasteiger partial charge in [0.05, 0.1) is 5.56 Å². The minimum atomic E-state index is -1.17. The summed E-state index contributed by atoms with van der Waals surface area (Å²) in [6.07, 6.45) is 0. The van der Waals surface area contributed by atoms with E-state index in [4.69, 9.17) is 16.6 Å². The Morgan fingerprint density at radius 2 is 2.07 bits per heavy atom. The summed E-state index contributed by atoms with van der Waals surface area (Å²) in [5.74, 6) is -1.32. The van der Waals surface area contributed by atoms with Crippen LogP contribution >= 0.6 is 0 Å². The van der Waals surface area contributed by atoms with E-state index >= 15 is 0 Å². The van der Waals surface area contributed by atoms with E-state index in [1.807, 2.05) is 0 Å². The van der Waals surface area contributed by atoms with Crippen molar-refractivity contribution in [2.75, 3.05) is 5.73 Å². The lowest BCUT2D eigenvalue weighted by Gasteiger charge is -2.10. The second-order valence-corrected chi connectivity index (χ2v) is 3.09. The Balaban J connectivity index is 3.31. The average molecular weight is 196 g/mol. The first-order valence-electron chi connectivity index (χ1n) is 4.04. The van der Waals surface area contributed by atoms with Gasteiger partial charge in [0, 0.05) is 17.3 Å². The van der Waals surface area contributed by atoms with E-state index in [9.17, 15) is 9.90 Å². The fourth-order valence-electron chi connectivity index (χ4n) is 1.17. The maximum Gasteiger partial charge on any atom is 0.337 e. The Hall–Kier alpha value is -1.75. The molecule has 14 heavy (non-hydrogen) atoms. The number of benzene rings is 1. The summed E-state index contributed by atoms with van der Waals surface area (Å²) in [6.45, 7) is 1.68. The first kappa shape index (κ1) is 10.3. The van der Waals surface area contributed by atoms with Crippen LogP contribution in [0.25, 0.3) is 0 Å². The van der Waals surface area contributed by atoms with E-state index in [0.717, 1.165) is 6.07 Å². The predicted octanol–water partition coefficient (Wildman–Crippen LogP) is 0.692. The van der Waals surface area contributed by atoms with Crippen LogP contribution in [0.5, 0.6) is 5.75 Å². The molecule has 0 bridgehead atoms. The number of carboxylic acid groups (broad SMARTS) is 1. The maximum absolute atomic E-state index is 10.6. The topological polar surface area (TPSA) is 110 Å². The van der Waals surface area contributed by atoms with Crippen LogP contribution in [0.4, 0.5) is 5.69 Å². The van der Waals surface area contributed by atoms with E-state index < -0.39 is 5.97 Å². The summed E-state index contributed by atoms with van der Waals surface area (Å²) in [7, 11) is 0. The first-order chi connectivity index (χ1) is 6.43. The van der Waals surface area contributed by atoms with Gasteiger partial charge >= 0.3 is 5.97 Å². The van der Waals surface area contributed by atoms with E-state index in [1.165, 1.54) is 6.07 Å². The Bertz CT molecular complexity index is 375. The highest BCUT2D eigenvalue weighted by Crippen LogP contribution is 2.28. The van der Waals surface area contributed by atoms with Crippen molar-refractivity contribution in [2.24, 2.45) is 5.73 Å². The zero-order valence-corrected chi connectivity index (χ0v) is 7.69. The summed E-state index contributed by atoms with van der Waals surface area (Å²) in [4.78, 5) is 10.6. The fraction of sp³-hybridized carbons (Fsp3) is 0.222. The second kappa shape index (κ2) is 3.55. The quantitative estimate of drug-likeness (QED) is 0.411. The highest BCUT2D eigenvalue weighted by Gasteiger charge is 2.14. The van der Waals surface area contributed by atoms with Crippen molar-refractivity contribution in [3.63, 3.8) is 0 Å². The molecule has 0 aromatic heterocycles. The summed E-state index contributed by atoms with van der Waals surface area (Å²) in [6, 6.07) is 2.10. The zero-order valence-electron chi connectivity index (χ0n) is 7.69. The maximum atomic E-state index is 10.6. The van der Waals surface area contributed by atoms with Crippen molar-refractivity contribution in [3.05, 3.63) is 23.3 Å². The SMILES string of the molecule is CC(N)c1cc(N)c(C(=O)O)cc1O. The molecule has 6 N–H and O–H groups in total. The van der Waals surface area contributed by atoms with Crippen LogP contribution in [0.15, 0.2) is 12.1 Å². The molecule has 0 aliphatic carbocycles. The molecule has 1 atom stereocenters. The monoisotopic (exact) mass is 196 g/mol. The number of hydrogen-bond donors (Lipinski definition) is 4. The molecule has 0 saturated carbocycles. The number of aromatic hydroxyl groups is 1. The third-order valence-electron chi connectivity index (χ3n) is 1.92. The van der Waals surface area contributed by atoms with Gasteiger partial charge in [0.25, 0.3) is 0 Å². The number of nitrogen functional groups attached to an aromatic ring is 1. The first-order valence-corrected chi connectivity index (χ1v) is 4.04. The predicted molar refractivity (Wildman–Crippen MR) is 52.1 cm³/mol. The number of carboxylic acids is 1. The number of rotatable bonds is 2. The molecule has 0 aliphatic heterocycles. The highest BCUT2D eigenvalue weighted by molar-refractivity contribution is 5.94. The molecule has 0 saturated heterocycles. The molecular formula is C9H12N2O3. The van der Waals surface area contributed by atoms with Crippen LogP contribution in [0, 0.1) is 0 Å². The molecule has 1 rings (SSSR count). The normalized spacial score (nSPS) is 12.4. The Labute approximate surface area is 81.0 Å². The summed E-state index contributed by atoms with van der Waals surface area (Å²) >= 11 is 0. The molecule has 1 aromatic carbocycles. The molecule has 1 aromatic rings. The van der Waals surface area contributed by atoms with Gasteiger partial charge in [0.1, 0.15) is 5.75 Å². The van der Waals surface area contributed by atoms with E-state index in [2.05, 4.69) is 0 Å². The number of phenols is 1. The minimum absolute atomic E-state index is 0.0996. The van der Waals surface area contributed by atoms with Crippen molar-refractivity contribution in [3.8, 4) is 5.75 Å². The number of carbonyl (C=O) groups is 1. The molecule has 5 nitrogen and oxygen atoms in total. The standard InChI is InChI=1S/C9H12N2O3/c1-4(10)5-2-7(11)6(9(13)14)3-8(5)12/h2-4,12H,10-11H2,1H3,(H,13,14). The van der Waals surface area contributed by atoms with Gasteiger partial charge in [-0.25, -0.2) is 4.79 Å². The molecule has 0 amide bonds. The summed E-state index contributed by atoms with van der Waals surface area (Å²) in [5.41, 5.74) is 11.4. The summed E-state index contributed by atoms with van der Waals surface area (Å²) in [5, 5.41) is 18.1. The number of aromatic carboxylic acids is 1. The van der Waals surface area contributed by atoms with Crippen molar-refractivity contribution in [1.82, 2.24) is 0 Å². The number of nitrogens with two attached hydrogens (primary N) is 2. The number of hydrogen-bond acceptors (Lipinski definition) is 4. The van der Waals surface area contributed by atoms with Gasteiger partial charge in [-0.3, -0.25) is 0 Å².